The van der Waals surface area contributed by atoms with E-state index in [0.717, 1.165) is 29.3 Å². The minimum atomic E-state index is -4.12. The summed E-state index contributed by atoms with van der Waals surface area (Å²) >= 11 is 0. The Bertz CT molecular complexity index is 1000. The fourth-order valence-corrected chi connectivity index (χ4v) is 2.84. The average molecular weight is 394 g/mol. The van der Waals surface area contributed by atoms with Crippen molar-refractivity contribution in [1.82, 2.24) is 0 Å². The number of primary sulfonamides is 1. The van der Waals surface area contributed by atoms with Crippen molar-refractivity contribution in [3.05, 3.63) is 58.9 Å². The molecule has 0 saturated carbocycles. The normalized spacial score (nSPS) is 12.3. The van der Waals surface area contributed by atoms with Crippen LogP contribution in [-0.4, -0.2) is 26.4 Å². The van der Waals surface area contributed by atoms with E-state index >= 15 is 0 Å². The van der Waals surface area contributed by atoms with E-state index in [1.807, 2.05) is 26.0 Å². The summed E-state index contributed by atoms with van der Waals surface area (Å²) in [5.74, 6) is -2.78. The Morgan fingerprint density at radius 1 is 1.15 bits per heavy atom. The molecule has 0 saturated heterocycles. The second-order valence-corrected chi connectivity index (χ2v) is 7.60. The molecule has 144 valence electrons. The molecule has 0 aromatic heterocycles. The Labute approximate surface area is 156 Å². The number of carbonyl (C=O) groups is 2. The summed E-state index contributed by atoms with van der Waals surface area (Å²) in [6.45, 7) is 5.04. The van der Waals surface area contributed by atoms with Gasteiger partial charge >= 0.3 is 5.97 Å². The van der Waals surface area contributed by atoms with E-state index in [1.165, 1.54) is 6.92 Å². The summed E-state index contributed by atoms with van der Waals surface area (Å²) in [6.07, 6.45) is -1.24. The quantitative estimate of drug-likeness (QED) is 0.755. The van der Waals surface area contributed by atoms with Gasteiger partial charge < -0.3 is 10.1 Å². The SMILES string of the molecule is Cc1ccc(NC(=O)C(C)OC(=O)c2cc(S(N)(=O)=O)ccc2F)c(C)c1. The largest absolute Gasteiger partial charge is 0.449 e. The van der Waals surface area contributed by atoms with Crippen LogP contribution in [0, 0.1) is 19.7 Å². The molecule has 1 atom stereocenters. The number of nitrogens with two attached hydrogens (primary N) is 1. The second kappa shape index (κ2) is 7.85. The molecule has 3 N–H and O–H groups in total. The Morgan fingerprint density at radius 3 is 2.41 bits per heavy atom. The van der Waals surface area contributed by atoms with Gasteiger partial charge in [-0.2, -0.15) is 0 Å². The van der Waals surface area contributed by atoms with Gasteiger partial charge in [0.15, 0.2) is 6.10 Å². The summed E-state index contributed by atoms with van der Waals surface area (Å²) < 4.78 is 41.5. The van der Waals surface area contributed by atoms with Gasteiger partial charge in [-0.25, -0.2) is 22.7 Å². The average Bonchev–Trinajstić information content (AvgIpc) is 2.56. The number of aryl methyl sites for hydroxylation is 2. The standard InChI is InChI=1S/C18H19FN2O5S/c1-10-4-7-16(11(2)8-10)21-17(22)12(3)26-18(23)14-9-13(27(20,24)25)5-6-15(14)19/h4-9,12H,1-3H3,(H,21,22)(H2,20,24,25). The van der Waals surface area contributed by atoms with Gasteiger partial charge in [-0.15, -0.1) is 0 Å². The number of rotatable bonds is 5. The number of ether oxygens (including phenoxy) is 1. The van der Waals surface area contributed by atoms with Gasteiger partial charge in [0.2, 0.25) is 10.0 Å². The number of anilines is 1. The highest BCUT2D eigenvalue weighted by molar-refractivity contribution is 7.89. The molecule has 2 aromatic rings. The van der Waals surface area contributed by atoms with Crippen LogP contribution in [0.3, 0.4) is 0 Å². The van der Waals surface area contributed by atoms with Gasteiger partial charge in [-0.3, -0.25) is 4.79 Å². The van der Waals surface area contributed by atoms with E-state index < -0.39 is 44.3 Å². The van der Waals surface area contributed by atoms with Crippen LogP contribution in [0.5, 0.6) is 0 Å². The predicted octanol–water partition coefficient (Wildman–Crippen LogP) is 2.27. The predicted molar refractivity (Wildman–Crippen MR) is 97.2 cm³/mol. The van der Waals surface area contributed by atoms with Crippen LogP contribution >= 0.6 is 0 Å². The molecule has 0 aliphatic carbocycles. The second-order valence-electron chi connectivity index (χ2n) is 6.04. The third-order valence-electron chi connectivity index (χ3n) is 3.78. The van der Waals surface area contributed by atoms with Crippen molar-refractivity contribution in [3.63, 3.8) is 0 Å². The van der Waals surface area contributed by atoms with E-state index in [4.69, 9.17) is 9.88 Å². The third kappa shape index (κ3) is 5.11. The zero-order chi connectivity index (χ0) is 20.4. The molecule has 1 unspecified atom stereocenters. The van der Waals surface area contributed by atoms with Crippen LogP contribution in [0.2, 0.25) is 0 Å². The molecule has 7 nitrogen and oxygen atoms in total. The first-order valence-electron chi connectivity index (χ1n) is 7.90. The summed E-state index contributed by atoms with van der Waals surface area (Å²) in [4.78, 5) is 23.9. The minimum absolute atomic E-state index is 0.441. The Hall–Kier alpha value is -2.78. The molecule has 27 heavy (non-hydrogen) atoms. The van der Waals surface area contributed by atoms with Gasteiger partial charge in [0.25, 0.3) is 5.91 Å². The molecular weight excluding hydrogens is 375 g/mol. The van der Waals surface area contributed by atoms with Crippen LogP contribution in [0.4, 0.5) is 10.1 Å². The zero-order valence-electron chi connectivity index (χ0n) is 14.9. The number of carbonyl (C=O) groups excluding carboxylic acids is 2. The number of benzene rings is 2. The lowest BCUT2D eigenvalue weighted by Crippen LogP contribution is -2.30. The molecule has 0 spiro atoms. The van der Waals surface area contributed by atoms with Crippen LogP contribution in [0.25, 0.3) is 0 Å². The van der Waals surface area contributed by atoms with Crippen LogP contribution in [-0.2, 0) is 19.6 Å². The topological polar surface area (TPSA) is 116 Å². The lowest BCUT2D eigenvalue weighted by Gasteiger charge is -2.15. The smallest absolute Gasteiger partial charge is 0.341 e. The molecule has 2 rings (SSSR count). The Morgan fingerprint density at radius 2 is 1.81 bits per heavy atom. The van der Waals surface area contributed by atoms with Crippen LogP contribution in [0.1, 0.15) is 28.4 Å². The highest BCUT2D eigenvalue weighted by atomic mass is 32.2. The molecule has 0 radical (unpaired) electrons. The van der Waals surface area contributed by atoms with E-state index in [1.54, 1.807) is 6.07 Å². The lowest BCUT2D eigenvalue weighted by atomic mass is 10.1. The highest BCUT2D eigenvalue weighted by Crippen LogP contribution is 2.18. The molecule has 0 fully saturated rings. The fraction of sp³-hybridized carbons (Fsp3) is 0.222. The summed E-state index contributed by atoms with van der Waals surface area (Å²) in [6, 6.07) is 7.89. The van der Waals surface area contributed by atoms with Crippen molar-refractivity contribution in [1.29, 1.82) is 0 Å². The first-order chi connectivity index (χ1) is 12.5. The van der Waals surface area contributed by atoms with Gasteiger partial charge in [0, 0.05) is 5.69 Å². The number of hydrogen-bond acceptors (Lipinski definition) is 5. The van der Waals surface area contributed by atoms with Crippen LogP contribution in [0.15, 0.2) is 41.3 Å². The molecule has 0 bridgehead atoms. The molecule has 0 aliphatic rings. The van der Waals surface area contributed by atoms with E-state index in [-0.39, 0.29) is 0 Å². The molecule has 2 aromatic carbocycles. The van der Waals surface area contributed by atoms with E-state index in [2.05, 4.69) is 5.32 Å². The number of hydrogen-bond donors (Lipinski definition) is 2. The van der Waals surface area contributed by atoms with Crippen molar-refractivity contribution in [2.75, 3.05) is 5.32 Å². The summed E-state index contributed by atoms with van der Waals surface area (Å²) in [5.41, 5.74) is 1.77. The van der Waals surface area contributed by atoms with Gasteiger partial charge in [0.1, 0.15) is 5.82 Å². The van der Waals surface area contributed by atoms with Crippen molar-refractivity contribution in [2.45, 2.75) is 31.8 Å². The first kappa shape index (κ1) is 20.5. The van der Waals surface area contributed by atoms with Gasteiger partial charge in [-0.05, 0) is 50.6 Å². The number of halogens is 1. The maximum Gasteiger partial charge on any atom is 0.341 e. The van der Waals surface area contributed by atoms with Crippen molar-refractivity contribution >= 4 is 27.6 Å². The molecule has 9 heteroatoms. The monoisotopic (exact) mass is 394 g/mol. The number of nitrogens with one attached hydrogen (secondary N) is 1. The summed E-state index contributed by atoms with van der Waals surface area (Å²) in [7, 11) is -4.12. The maximum absolute atomic E-state index is 13.9. The molecule has 0 heterocycles. The highest BCUT2D eigenvalue weighted by Gasteiger charge is 2.23. The Kier molecular flexibility index (Phi) is 5.97. The third-order valence-corrected chi connectivity index (χ3v) is 4.69. The number of esters is 1. The van der Waals surface area contributed by atoms with Crippen molar-refractivity contribution in [3.8, 4) is 0 Å². The number of amides is 1. The molecular formula is C18H19FN2O5S. The minimum Gasteiger partial charge on any atom is -0.449 e. The Balaban J connectivity index is 2.14. The first-order valence-corrected chi connectivity index (χ1v) is 9.45. The summed E-state index contributed by atoms with van der Waals surface area (Å²) in [5, 5.41) is 7.59. The van der Waals surface area contributed by atoms with Crippen molar-refractivity contribution in [2.24, 2.45) is 5.14 Å². The fourth-order valence-electron chi connectivity index (χ4n) is 2.30. The lowest BCUT2D eigenvalue weighted by molar-refractivity contribution is -0.123. The van der Waals surface area contributed by atoms with Gasteiger partial charge in [0.05, 0.1) is 10.5 Å². The van der Waals surface area contributed by atoms with E-state index in [0.29, 0.717) is 5.69 Å². The zero-order valence-corrected chi connectivity index (χ0v) is 15.8. The van der Waals surface area contributed by atoms with Gasteiger partial charge in [-0.1, -0.05) is 17.7 Å². The number of sulfonamides is 1. The van der Waals surface area contributed by atoms with Crippen molar-refractivity contribution < 1.29 is 27.1 Å². The maximum atomic E-state index is 13.9. The molecule has 1 amide bonds. The van der Waals surface area contributed by atoms with Crippen LogP contribution < -0.4 is 10.5 Å². The van der Waals surface area contributed by atoms with E-state index in [9.17, 15) is 22.4 Å². The molecule has 0 aliphatic heterocycles.